The molecule has 154 valence electrons. The molecule has 10 nitrogen and oxygen atoms in total. The second-order valence-electron chi connectivity index (χ2n) is 6.42. The van der Waals surface area contributed by atoms with Gasteiger partial charge in [-0.15, -0.1) is 5.10 Å². The van der Waals surface area contributed by atoms with Crippen LogP contribution in [-0.4, -0.2) is 68.5 Å². The van der Waals surface area contributed by atoms with Crippen molar-refractivity contribution < 1.29 is 15.3 Å². The minimum Gasteiger partial charge on any atom is -0.389 e. The van der Waals surface area contributed by atoms with Crippen LogP contribution in [0.2, 0.25) is 0 Å². The molecular weight excluding hydrogens is 406 g/mol. The molecule has 2 aromatic heterocycles. The molecule has 0 unspecified atom stereocenters. The predicted molar refractivity (Wildman–Crippen MR) is 108 cm³/mol. The van der Waals surface area contributed by atoms with Crippen LogP contribution >= 0.6 is 11.8 Å². The fraction of sp³-hybridized carbons (Fsp3) is 0.211. The number of para-hydroxylation sites is 2. The van der Waals surface area contributed by atoms with Crippen LogP contribution in [0, 0.1) is 0 Å². The average Bonchev–Trinajstić information content (AvgIpc) is 3.47. The summed E-state index contributed by atoms with van der Waals surface area (Å²) in [5.74, 6) is 0.0677. The van der Waals surface area contributed by atoms with Gasteiger partial charge in [0.2, 0.25) is 5.16 Å². The standard InChI is InChI=1S/C19H19N7O3S/c27-16(12-30-19-21-23-24-25(19)13-7-3-1-4-8-13)18(29)17(28)15-11-20-26(22-15)14-9-5-2-6-10-14/h1-11,16-18,27-29H,12H2/t16-,17-,18-/m1/s1. The van der Waals surface area contributed by atoms with Crippen LogP contribution in [0.5, 0.6) is 0 Å². The molecular formula is C19H19N7O3S. The van der Waals surface area contributed by atoms with Crippen molar-refractivity contribution in [2.75, 3.05) is 5.75 Å². The molecule has 3 atom stereocenters. The van der Waals surface area contributed by atoms with E-state index in [9.17, 15) is 15.3 Å². The minimum atomic E-state index is -1.46. The smallest absolute Gasteiger partial charge is 0.214 e. The molecule has 0 aliphatic rings. The van der Waals surface area contributed by atoms with Crippen molar-refractivity contribution in [3.8, 4) is 11.4 Å². The molecule has 0 radical (unpaired) electrons. The number of nitrogens with zero attached hydrogens (tertiary/aromatic N) is 7. The number of tetrazole rings is 1. The quantitative estimate of drug-likeness (QED) is 0.350. The van der Waals surface area contributed by atoms with Crippen molar-refractivity contribution in [2.24, 2.45) is 0 Å². The fourth-order valence-electron chi connectivity index (χ4n) is 2.74. The Labute approximate surface area is 175 Å². The molecule has 11 heteroatoms. The van der Waals surface area contributed by atoms with E-state index in [1.165, 1.54) is 15.7 Å². The van der Waals surface area contributed by atoms with Crippen LogP contribution in [0.3, 0.4) is 0 Å². The van der Waals surface area contributed by atoms with Crippen LogP contribution in [0.4, 0.5) is 0 Å². The van der Waals surface area contributed by atoms with Crippen molar-refractivity contribution >= 4 is 11.8 Å². The number of aliphatic hydroxyl groups is 3. The van der Waals surface area contributed by atoms with Gasteiger partial charge in [0.1, 0.15) is 17.9 Å². The van der Waals surface area contributed by atoms with Gasteiger partial charge in [0.15, 0.2) is 0 Å². The Balaban J connectivity index is 1.39. The lowest BCUT2D eigenvalue weighted by Gasteiger charge is -2.21. The SMILES string of the molecule is O[C@H]([C@H](O)CSc1nnnn1-c1ccccc1)[C@H](O)c1cnn(-c2ccccc2)n1. The minimum absolute atomic E-state index is 0.0677. The third-order valence-electron chi connectivity index (χ3n) is 4.34. The highest BCUT2D eigenvalue weighted by molar-refractivity contribution is 7.99. The van der Waals surface area contributed by atoms with E-state index in [0.29, 0.717) is 10.8 Å². The highest BCUT2D eigenvalue weighted by atomic mass is 32.2. The van der Waals surface area contributed by atoms with Gasteiger partial charge in [-0.05, 0) is 34.7 Å². The van der Waals surface area contributed by atoms with E-state index in [1.54, 1.807) is 0 Å². The maximum atomic E-state index is 10.4. The molecule has 2 heterocycles. The second-order valence-corrected chi connectivity index (χ2v) is 7.40. The molecule has 0 saturated heterocycles. The zero-order valence-electron chi connectivity index (χ0n) is 15.7. The van der Waals surface area contributed by atoms with Crippen molar-refractivity contribution in [3.05, 3.63) is 72.6 Å². The normalized spacial score (nSPS) is 14.4. The largest absolute Gasteiger partial charge is 0.389 e. The van der Waals surface area contributed by atoms with Gasteiger partial charge in [-0.3, -0.25) is 0 Å². The molecule has 0 aliphatic heterocycles. The first-order valence-electron chi connectivity index (χ1n) is 9.12. The Morgan fingerprint density at radius 2 is 1.57 bits per heavy atom. The van der Waals surface area contributed by atoms with Crippen LogP contribution in [0.15, 0.2) is 72.0 Å². The van der Waals surface area contributed by atoms with Crippen LogP contribution < -0.4 is 0 Å². The Hall–Kier alpha value is -3.12. The lowest BCUT2D eigenvalue weighted by molar-refractivity contribution is -0.0531. The summed E-state index contributed by atoms with van der Waals surface area (Å²) < 4.78 is 1.53. The lowest BCUT2D eigenvalue weighted by Crippen LogP contribution is -2.34. The second kappa shape index (κ2) is 9.13. The van der Waals surface area contributed by atoms with E-state index in [-0.39, 0.29) is 11.4 Å². The zero-order chi connectivity index (χ0) is 20.9. The van der Waals surface area contributed by atoms with E-state index in [2.05, 4.69) is 25.7 Å². The molecule has 2 aromatic carbocycles. The van der Waals surface area contributed by atoms with E-state index in [1.807, 2.05) is 60.7 Å². The average molecular weight is 425 g/mol. The Bertz CT molecular complexity index is 1070. The summed E-state index contributed by atoms with van der Waals surface area (Å²) in [5, 5.41) is 51.5. The molecule has 0 fully saturated rings. The molecule has 4 rings (SSSR count). The maximum absolute atomic E-state index is 10.4. The Morgan fingerprint density at radius 3 is 2.27 bits per heavy atom. The number of hydrogen-bond acceptors (Lipinski definition) is 9. The number of aliphatic hydroxyl groups excluding tert-OH is 3. The highest BCUT2D eigenvalue weighted by Crippen LogP contribution is 2.23. The third-order valence-corrected chi connectivity index (χ3v) is 5.36. The van der Waals surface area contributed by atoms with Crippen LogP contribution in [-0.2, 0) is 0 Å². The van der Waals surface area contributed by atoms with Gasteiger partial charge in [-0.1, -0.05) is 48.2 Å². The van der Waals surface area contributed by atoms with Gasteiger partial charge < -0.3 is 15.3 Å². The summed E-state index contributed by atoms with van der Waals surface area (Å²) in [4.78, 5) is 1.35. The first-order chi connectivity index (χ1) is 14.6. The zero-order valence-corrected chi connectivity index (χ0v) is 16.5. The van der Waals surface area contributed by atoms with Crippen molar-refractivity contribution in [1.82, 2.24) is 35.2 Å². The molecule has 0 spiro atoms. The van der Waals surface area contributed by atoms with Gasteiger partial charge in [0, 0.05) is 5.75 Å². The van der Waals surface area contributed by atoms with Crippen molar-refractivity contribution in [2.45, 2.75) is 23.5 Å². The number of benzene rings is 2. The summed E-state index contributed by atoms with van der Waals surface area (Å²) in [6.07, 6.45) is -2.74. The molecule has 0 amide bonds. The van der Waals surface area contributed by atoms with Crippen molar-refractivity contribution in [1.29, 1.82) is 0 Å². The third kappa shape index (κ3) is 4.39. The van der Waals surface area contributed by atoms with E-state index in [4.69, 9.17) is 0 Å². The number of hydrogen-bond donors (Lipinski definition) is 3. The van der Waals surface area contributed by atoms with Crippen LogP contribution in [0.1, 0.15) is 11.8 Å². The summed E-state index contributed by atoms with van der Waals surface area (Å²) in [5.41, 5.74) is 1.65. The van der Waals surface area contributed by atoms with E-state index in [0.717, 1.165) is 17.4 Å². The Morgan fingerprint density at radius 1 is 0.900 bits per heavy atom. The van der Waals surface area contributed by atoms with Crippen molar-refractivity contribution in [3.63, 3.8) is 0 Å². The molecule has 30 heavy (non-hydrogen) atoms. The molecule has 0 saturated carbocycles. The monoisotopic (exact) mass is 425 g/mol. The van der Waals surface area contributed by atoms with Gasteiger partial charge in [0.25, 0.3) is 0 Å². The fourth-order valence-corrected chi connectivity index (χ4v) is 3.62. The van der Waals surface area contributed by atoms with E-state index < -0.39 is 18.3 Å². The topological polar surface area (TPSA) is 135 Å². The molecule has 3 N–H and O–H groups in total. The summed E-state index contributed by atoms with van der Waals surface area (Å²) >= 11 is 1.16. The first kappa shape index (κ1) is 20.2. The maximum Gasteiger partial charge on any atom is 0.214 e. The molecule has 0 aliphatic carbocycles. The number of aromatic nitrogens is 7. The summed E-state index contributed by atoms with van der Waals surface area (Å²) in [7, 11) is 0. The van der Waals surface area contributed by atoms with Gasteiger partial charge >= 0.3 is 0 Å². The highest BCUT2D eigenvalue weighted by Gasteiger charge is 2.29. The predicted octanol–water partition coefficient (Wildman–Crippen LogP) is 0.790. The number of rotatable bonds is 8. The first-order valence-corrected chi connectivity index (χ1v) is 10.1. The van der Waals surface area contributed by atoms with Gasteiger partial charge in [-0.25, -0.2) is 0 Å². The van der Waals surface area contributed by atoms with Gasteiger partial charge in [-0.2, -0.15) is 19.7 Å². The van der Waals surface area contributed by atoms with Crippen LogP contribution in [0.25, 0.3) is 11.4 Å². The Kier molecular flexibility index (Phi) is 6.14. The van der Waals surface area contributed by atoms with Gasteiger partial charge in [0.05, 0.1) is 23.7 Å². The molecule has 4 aromatic rings. The summed E-state index contributed by atoms with van der Waals surface area (Å²) in [6, 6.07) is 18.5. The van der Waals surface area contributed by atoms with E-state index >= 15 is 0 Å². The lowest BCUT2D eigenvalue weighted by atomic mass is 10.1. The number of thioether (sulfide) groups is 1. The molecule has 0 bridgehead atoms. The summed E-state index contributed by atoms with van der Waals surface area (Å²) in [6.45, 7) is 0.